The second kappa shape index (κ2) is 4.67. The molecule has 0 spiro atoms. The number of alkyl halides is 3. The van der Waals surface area contributed by atoms with Crippen molar-refractivity contribution in [2.24, 2.45) is 5.92 Å². The largest absolute Gasteiger partial charge is 0.454 e. The van der Waals surface area contributed by atoms with Crippen molar-refractivity contribution in [3.05, 3.63) is 18.0 Å². The normalized spacial score (nSPS) is 12.1. The van der Waals surface area contributed by atoms with Crippen LogP contribution in [0.5, 0.6) is 0 Å². The van der Waals surface area contributed by atoms with Crippen LogP contribution in [-0.4, -0.2) is 21.7 Å². The molecule has 0 atom stereocenters. The van der Waals surface area contributed by atoms with Crippen LogP contribution in [0, 0.1) is 5.92 Å². The Morgan fingerprint density at radius 3 is 2.62 bits per heavy atom. The first-order valence-corrected chi connectivity index (χ1v) is 4.94. The molecule has 0 fully saturated rings. The van der Waals surface area contributed by atoms with E-state index in [0.717, 1.165) is 18.8 Å². The number of rotatable bonds is 4. The van der Waals surface area contributed by atoms with Crippen molar-refractivity contribution < 1.29 is 18.0 Å². The SMILES string of the molecule is CC(C)CCn1cc(C(=O)C(F)(F)F)cn1. The van der Waals surface area contributed by atoms with Gasteiger partial charge in [0.05, 0.1) is 11.8 Å². The van der Waals surface area contributed by atoms with E-state index in [1.165, 1.54) is 4.68 Å². The van der Waals surface area contributed by atoms with E-state index in [4.69, 9.17) is 0 Å². The van der Waals surface area contributed by atoms with Gasteiger partial charge in [-0.05, 0) is 12.3 Å². The summed E-state index contributed by atoms with van der Waals surface area (Å²) < 4.78 is 37.6. The van der Waals surface area contributed by atoms with Crippen LogP contribution in [-0.2, 0) is 6.54 Å². The first-order valence-electron chi connectivity index (χ1n) is 4.94. The molecule has 0 amide bonds. The standard InChI is InChI=1S/C10H13F3N2O/c1-7(2)3-4-15-6-8(5-14-15)9(16)10(11,12)13/h5-7H,3-4H2,1-2H3. The lowest BCUT2D eigenvalue weighted by atomic mass is 10.1. The van der Waals surface area contributed by atoms with Crippen LogP contribution >= 0.6 is 0 Å². The van der Waals surface area contributed by atoms with Gasteiger partial charge in [0.1, 0.15) is 0 Å². The van der Waals surface area contributed by atoms with Crippen LogP contribution in [0.4, 0.5) is 13.2 Å². The van der Waals surface area contributed by atoms with Crippen molar-refractivity contribution in [2.45, 2.75) is 33.0 Å². The summed E-state index contributed by atoms with van der Waals surface area (Å²) in [6.07, 6.45) is -1.93. The number of carbonyl (C=O) groups is 1. The molecule has 3 nitrogen and oxygen atoms in total. The zero-order valence-corrected chi connectivity index (χ0v) is 9.08. The zero-order valence-electron chi connectivity index (χ0n) is 9.08. The van der Waals surface area contributed by atoms with Gasteiger partial charge >= 0.3 is 6.18 Å². The molecule has 1 rings (SSSR count). The second-order valence-electron chi connectivity index (χ2n) is 4.00. The predicted octanol–water partition coefficient (Wildman–Crippen LogP) is 2.67. The third kappa shape index (κ3) is 3.36. The zero-order chi connectivity index (χ0) is 12.3. The first kappa shape index (κ1) is 12.7. The lowest BCUT2D eigenvalue weighted by Crippen LogP contribution is -2.22. The maximum Gasteiger partial charge on any atom is 0.454 e. The first-order chi connectivity index (χ1) is 7.30. The number of halogens is 3. The highest BCUT2D eigenvalue weighted by Crippen LogP contribution is 2.21. The Morgan fingerprint density at radius 1 is 1.50 bits per heavy atom. The Morgan fingerprint density at radius 2 is 2.12 bits per heavy atom. The van der Waals surface area contributed by atoms with Crippen LogP contribution in [0.15, 0.2) is 12.4 Å². The van der Waals surface area contributed by atoms with Crippen molar-refractivity contribution in [2.75, 3.05) is 0 Å². The number of hydrogen-bond acceptors (Lipinski definition) is 2. The van der Waals surface area contributed by atoms with Crippen LogP contribution in [0.2, 0.25) is 0 Å². The monoisotopic (exact) mass is 234 g/mol. The fraction of sp³-hybridized carbons (Fsp3) is 0.600. The van der Waals surface area contributed by atoms with E-state index in [1.54, 1.807) is 0 Å². The van der Waals surface area contributed by atoms with Crippen LogP contribution in [0.3, 0.4) is 0 Å². The van der Waals surface area contributed by atoms with E-state index < -0.39 is 17.5 Å². The molecule has 0 aliphatic heterocycles. The minimum absolute atomic E-state index is 0.406. The number of ketones is 1. The summed E-state index contributed by atoms with van der Waals surface area (Å²) in [5, 5.41) is 3.72. The third-order valence-electron chi connectivity index (χ3n) is 2.09. The molecular weight excluding hydrogens is 221 g/mol. The Kier molecular flexibility index (Phi) is 3.72. The van der Waals surface area contributed by atoms with Gasteiger partial charge in [-0.3, -0.25) is 9.48 Å². The average Bonchev–Trinajstić information content (AvgIpc) is 2.60. The molecule has 0 bridgehead atoms. The molecule has 90 valence electrons. The molecule has 0 saturated heterocycles. The van der Waals surface area contributed by atoms with Gasteiger partial charge < -0.3 is 0 Å². The topological polar surface area (TPSA) is 34.9 Å². The summed E-state index contributed by atoms with van der Waals surface area (Å²) in [6.45, 7) is 4.53. The number of Topliss-reactive ketones (excluding diaryl/α,β-unsaturated/α-hetero) is 1. The van der Waals surface area contributed by atoms with E-state index >= 15 is 0 Å². The fourth-order valence-corrected chi connectivity index (χ4v) is 1.16. The van der Waals surface area contributed by atoms with Gasteiger partial charge in [0, 0.05) is 12.7 Å². The van der Waals surface area contributed by atoms with Crippen molar-refractivity contribution in [3.8, 4) is 0 Å². The summed E-state index contributed by atoms with van der Waals surface area (Å²) in [7, 11) is 0. The van der Waals surface area contributed by atoms with Gasteiger partial charge in [-0.15, -0.1) is 0 Å². The van der Waals surface area contributed by atoms with E-state index in [1.807, 2.05) is 13.8 Å². The van der Waals surface area contributed by atoms with E-state index in [9.17, 15) is 18.0 Å². The molecule has 0 aromatic carbocycles. The summed E-state index contributed by atoms with van der Waals surface area (Å²) in [6, 6.07) is 0. The molecule has 0 aliphatic carbocycles. The van der Waals surface area contributed by atoms with Gasteiger partial charge in [0.15, 0.2) is 0 Å². The summed E-state index contributed by atoms with van der Waals surface area (Å²) in [5.74, 6) is -1.41. The van der Waals surface area contributed by atoms with Crippen LogP contribution in [0.25, 0.3) is 0 Å². The minimum Gasteiger partial charge on any atom is -0.284 e. The van der Waals surface area contributed by atoms with Crippen molar-refractivity contribution >= 4 is 5.78 Å². The van der Waals surface area contributed by atoms with E-state index in [-0.39, 0.29) is 0 Å². The lowest BCUT2D eigenvalue weighted by molar-refractivity contribution is -0.0885. The van der Waals surface area contributed by atoms with Crippen molar-refractivity contribution in [1.82, 2.24) is 9.78 Å². The number of carbonyl (C=O) groups excluding carboxylic acids is 1. The quantitative estimate of drug-likeness (QED) is 0.751. The maximum atomic E-state index is 12.1. The van der Waals surface area contributed by atoms with Gasteiger partial charge in [-0.2, -0.15) is 18.3 Å². The molecule has 0 saturated carbocycles. The molecule has 1 aromatic rings. The molecule has 0 unspecified atom stereocenters. The average molecular weight is 234 g/mol. The molecule has 0 N–H and O–H groups in total. The molecule has 6 heteroatoms. The van der Waals surface area contributed by atoms with Crippen LogP contribution in [0.1, 0.15) is 30.6 Å². The Labute approximate surface area is 91.3 Å². The minimum atomic E-state index is -4.83. The third-order valence-corrected chi connectivity index (χ3v) is 2.09. The van der Waals surface area contributed by atoms with E-state index in [0.29, 0.717) is 12.5 Å². The van der Waals surface area contributed by atoms with Crippen LogP contribution < -0.4 is 0 Å². The Balaban J connectivity index is 2.68. The number of aryl methyl sites for hydroxylation is 1. The lowest BCUT2D eigenvalue weighted by Gasteiger charge is -2.04. The smallest absolute Gasteiger partial charge is 0.284 e. The van der Waals surface area contributed by atoms with Crippen molar-refractivity contribution in [1.29, 1.82) is 0 Å². The van der Waals surface area contributed by atoms with Crippen molar-refractivity contribution in [3.63, 3.8) is 0 Å². The predicted molar refractivity (Wildman–Crippen MR) is 52.1 cm³/mol. The number of nitrogens with zero attached hydrogens (tertiary/aromatic N) is 2. The van der Waals surface area contributed by atoms with E-state index in [2.05, 4.69) is 5.10 Å². The molecular formula is C10H13F3N2O. The number of aromatic nitrogens is 2. The maximum absolute atomic E-state index is 12.1. The van der Waals surface area contributed by atoms with Gasteiger partial charge in [-0.25, -0.2) is 0 Å². The molecule has 0 aliphatic rings. The summed E-state index contributed by atoms with van der Waals surface area (Å²) in [5.41, 5.74) is -0.406. The van der Waals surface area contributed by atoms with Gasteiger partial charge in [-0.1, -0.05) is 13.8 Å². The molecule has 16 heavy (non-hydrogen) atoms. The highest BCUT2D eigenvalue weighted by Gasteiger charge is 2.39. The highest BCUT2D eigenvalue weighted by molar-refractivity contribution is 5.99. The summed E-state index contributed by atoms with van der Waals surface area (Å²) in [4.78, 5) is 10.8. The second-order valence-corrected chi connectivity index (χ2v) is 4.00. The van der Waals surface area contributed by atoms with Gasteiger partial charge in [0.25, 0.3) is 5.78 Å². The molecule has 1 heterocycles. The highest BCUT2D eigenvalue weighted by atomic mass is 19.4. The fourth-order valence-electron chi connectivity index (χ4n) is 1.16. The Bertz CT molecular complexity index is 368. The number of hydrogen-bond donors (Lipinski definition) is 0. The molecule has 0 radical (unpaired) electrons. The van der Waals surface area contributed by atoms with Gasteiger partial charge in [0.2, 0.25) is 0 Å². The molecule has 1 aromatic heterocycles. The Hall–Kier alpha value is -1.33. The summed E-state index contributed by atoms with van der Waals surface area (Å²) >= 11 is 0.